The molecule has 3 aromatic rings. The number of sulfone groups is 1. The van der Waals surface area contributed by atoms with Crippen LogP contribution in [0.2, 0.25) is 0 Å². The fraction of sp³-hybridized carbons (Fsp3) is 0.391. The van der Waals surface area contributed by atoms with Crippen molar-refractivity contribution in [1.82, 2.24) is 15.2 Å². The van der Waals surface area contributed by atoms with Crippen LogP contribution < -0.4 is 10.2 Å². The maximum Gasteiger partial charge on any atom is 0.235 e. The highest BCUT2D eigenvalue weighted by Crippen LogP contribution is 2.30. The van der Waals surface area contributed by atoms with E-state index in [0.29, 0.717) is 13.1 Å². The number of thiazole rings is 1. The van der Waals surface area contributed by atoms with Crippen LogP contribution in [0.1, 0.15) is 12.5 Å². The van der Waals surface area contributed by atoms with Crippen LogP contribution in [-0.4, -0.2) is 69.2 Å². The number of carbonyl (C=O) groups is 1. The summed E-state index contributed by atoms with van der Waals surface area (Å²) < 4.78 is 25.8. The van der Waals surface area contributed by atoms with Crippen LogP contribution >= 0.6 is 11.3 Å². The van der Waals surface area contributed by atoms with Gasteiger partial charge in [0.05, 0.1) is 15.1 Å². The van der Waals surface area contributed by atoms with Gasteiger partial charge in [-0.1, -0.05) is 42.5 Å². The van der Waals surface area contributed by atoms with Crippen LogP contribution in [0, 0.1) is 0 Å². The zero-order valence-corrected chi connectivity index (χ0v) is 19.8. The maximum atomic E-state index is 12.3. The lowest BCUT2D eigenvalue weighted by molar-refractivity contribution is -0.118. The number of aromatic nitrogens is 1. The minimum Gasteiger partial charge on any atom is -0.354 e. The fourth-order valence-corrected chi connectivity index (χ4v) is 6.03. The fourth-order valence-electron chi connectivity index (χ4n) is 3.76. The monoisotopic (exact) mass is 472 g/mol. The van der Waals surface area contributed by atoms with Gasteiger partial charge in [0.25, 0.3) is 0 Å². The predicted molar refractivity (Wildman–Crippen MR) is 129 cm³/mol. The number of fused-ring (bicyclic) bond motifs is 1. The molecular weight excluding hydrogens is 444 g/mol. The summed E-state index contributed by atoms with van der Waals surface area (Å²) in [4.78, 5) is 21.7. The number of nitrogens with zero attached hydrogens (tertiary/aromatic N) is 3. The van der Waals surface area contributed by atoms with Gasteiger partial charge >= 0.3 is 0 Å². The molecule has 0 atom stereocenters. The van der Waals surface area contributed by atoms with Gasteiger partial charge in [-0.3, -0.25) is 9.69 Å². The quantitative estimate of drug-likeness (QED) is 0.543. The normalized spacial score (nSPS) is 15.2. The molecule has 7 nitrogen and oxygen atoms in total. The number of hydrogen-bond acceptors (Lipinski definition) is 7. The summed E-state index contributed by atoms with van der Waals surface area (Å²) in [6.07, 6.45) is 1.02. The molecule has 0 unspecified atom stereocenters. The van der Waals surface area contributed by atoms with E-state index in [1.54, 1.807) is 29.5 Å². The summed E-state index contributed by atoms with van der Waals surface area (Å²) in [5.41, 5.74) is 2.38. The molecule has 170 valence electrons. The zero-order valence-electron chi connectivity index (χ0n) is 18.2. The van der Waals surface area contributed by atoms with Crippen LogP contribution in [0.3, 0.4) is 0 Å². The average molecular weight is 473 g/mol. The number of nitrogens with one attached hydrogen (secondary N) is 1. The molecule has 32 heavy (non-hydrogen) atoms. The van der Waals surface area contributed by atoms with Crippen molar-refractivity contribution in [3.63, 3.8) is 0 Å². The third kappa shape index (κ3) is 5.46. The molecule has 0 aliphatic carbocycles. The number of aryl methyl sites for hydroxylation is 1. The Balaban J connectivity index is 1.22. The highest BCUT2D eigenvalue weighted by molar-refractivity contribution is 7.92. The number of benzene rings is 2. The van der Waals surface area contributed by atoms with Crippen molar-refractivity contribution in [2.45, 2.75) is 18.2 Å². The predicted octanol–water partition coefficient (Wildman–Crippen LogP) is 2.57. The molecule has 0 radical (unpaired) electrons. The summed E-state index contributed by atoms with van der Waals surface area (Å²) in [7, 11) is -3.61. The van der Waals surface area contributed by atoms with Gasteiger partial charge in [0.2, 0.25) is 5.91 Å². The van der Waals surface area contributed by atoms with Crippen LogP contribution in [0.25, 0.3) is 10.2 Å². The number of amides is 1. The molecule has 0 bridgehead atoms. The van der Waals surface area contributed by atoms with Crippen molar-refractivity contribution in [2.75, 3.05) is 49.9 Å². The summed E-state index contributed by atoms with van der Waals surface area (Å²) in [5, 5.41) is 3.81. The second-order valence-electron chi connectivity index (χ2n) is 7.90. The third-order valence-corrected chi connectivity index (χ3v) is 8.38. The van der Waals surface area contributed by atoms with E-state index in [9.17, 15) is 13.2 Å². The lowest BCUT2D eigenvalue weighted by Crippen LogP contribution is -2.48. The van der Waals surface area contributed by atoms with Crippen molar-refractivity contribution in [3.05, 3.63) is 54.1 Å². The first-order valence-corrected chi connectivity index (χ1v) is 13.3. The molecule has 1 aliphatic heterocycles. The van der Waals surface area contributed by atoms with Crippen LogP contribution in [0.4, 0.5) is 5.13 Å². The molecule has 1 aliphatic rings. The first-order chi connectivity index (χ1) is 15.4. The van der Waals surface area contributed by atoms with Gasteiger partial charge in [-0.25, -0.2) is 13.4 Å². The molecule has 1 fully saturated rings. The van der Waals surface area contributed by atoms with E-state index in [2.05, 4.69) is 40.2 Å². The standard InChI is InChI=1S/C23H28N4O3S2/c1-2-18-8-9-20-21(16-18)31-23(25-20)27-14-12-26(13-15-27)11-10-24-22(28)17-32(29,30)19-6-4-3-5-7-19/h3-9,16H,2,10-15,17H2,1H3,(H,24,28). The number of carbonyl (C=O) groups excluding carboxylic acids is 1. The van der Waals surface area contributed by atoms with E-state index >= 15 is 0 Å². The Kier molecular flexibility index (Phi) is 7.07. The lowest BCUT2D eigenvalue weighted by Gasteiger charge is -2.34. The second-order valence-corrected chi connectivity index (χ2v) is 10.9. The molecular formula is C23H28N4O3S2. The van der Waals surface area contributed by atoms with Crippen molar-refractivity contribution in [1.29, 1.82) is 0 Å². The van der Waals surface area contributed by atoms with Gasteiger partial charge in [-0.2, -0.15) is 0 Å². The Bertz CT molecular complexity index is 1170. The Morgan fingerprint density at radius 2 is 1.84 bits per heavy atom. The van der Waals surface area contributed by atoms with E-state index in [0.717, 1.165) is 43.2 Å². The SMILES string of the molecule is CCc1ccc2nc(N3CCN(CCNC(=O)CS(=O)(=O)c4ccccc4)CC3)sc2c1. The van der Waals surface area contributed by atoms with E-state index < -0.39 is 21.5 Å². The largest absolute Gasteiger partial charge is 0.354 e. The van der Waals surface area contributed by atoms with Crippen molar-refractivity contribution < 1.29 is 13.2 Å². The number of hydrogen-bond donors (Lipinski definition) is 1. The summed E-state index contributed by atoms with van der Waals surface area (Å²) >= 11 is 1.74. The smallest absolute Gasteiger partial charge is 0.235 e. The molecule has 0 saturated carbocycles. The van der Waals surface area contributed by atoms with E-state index in [4.69, 9.17) is 4.98 Å². The van der Waals surface area contributed by atoms with Gasteiger partial charge in [0.1, 0.15) is 5.75 Å². The number of anilines is 1. The molecule has 2 aromatic carbocycles. The highest BCUT2D eigenvalue weighted by atomic mass is 32.2. The number of piperazine rings is 1. The van der Waals surface area contributed by atoms with Crippen LogP contribution in [0.5, 0.6) is 0 Å². The van der Waals surface area contributed by atoms with Crippen molar-refractivity contribution in [2.24, 2.45) is 0 Å². The molecule has 0 spiro atoms. The number of rotatable bonds is 8. The third-order valence-electron chi connectivity index (χ3n) is 5.67. The summed E-state index contributed by atoms with van der Waals surface area (Å²) in [6, 6.07) is 14.6. The Morgan fingerprint density at radius 3 is 2.56 bits per heavy atom. The second kappa shape index (κ2) is 9.97. The Hall–Kier alpha value is -2.49. The topological polar surface area (TPSA) is 82.6 Å². The molecule has 1 amide bonds. The van der Waals surface area contributed by atoms with Gasteiger partial charge < -0.3 is 10.2 Å². The molecule has 4 rings (SSSR count). The van der Waals surface area contributed by atoms with E-state index in [1.807, 2.05) is 0 Å². The zero-order chi connectivity index (χ0) is 22.6. The van der Waals surface area contributed by atoms with Crippen molar-refractivity contribution in [3.8, 4) is 0 Å². The van der Waals surface area contributed by atoms with Gasteiger partial charge in [-0.05, 0) is 36.2 Å². The Labute approximate surface area is 193 Å². The van der Waals surface area contributed by atoms with Gasteiger partial charge in [-0.15, -0.1) is 0 Å². The molecule has 1 N–H and O–H groups in total. The lowest BCUT2D eigenvalue weighted by atomic mass is 10.2. The van der Waals surface area contributed by atoms with E-state index in [1.165, 1.54) is 22.4 Å². The minimum absolute atomic E-state index is 0.173. The van der Waals surface area contributed by atoms with E-state index in [-0.39, 0.29) is 4.90 Å². The molecule has 2 heterocycles. The molecule has 1 saturated heterocycles. The molecule has 9 heteroatoms. The highest BCUT2D eigenvalue weighted by Gasteiger charge is 2.21. The van der Waals surface area contributed by atoms with Crippen LogP contribution in [0.15, 0.2) is 53.4 Å². The average Bonchev–Trinajstić information content (AvgIpc) is 3.23. The van der Waals surface area contributed by atoms with Crippen LogP contribution in [-0.2, 0) is 21.1 Å². The van der Waals surface area contributed by atoms with Gasteiger partial charge in [0.15, 0.2) is 15.0 Å². The summed E-state index contributed by atoms with van der Waals surface area (Å²) in [6.45, 7) is 6.83. The molecule has 1 aromatic heterocycles. The minimum atomic E-state index is -3.61. The first-order valence-electron chi connectivity index (χ1n) is 10.9. The first kappa shape index (κ1) is 22.7. The van der Waals surface area contributed by atoms with Crippen molar-refractivity contribution >= 4 is 42.4 Å². The maximum absolute atomic E-state index is 12.3. The Morgan fingerprint density at radius 1 is 1.09 bits per heavy atom. The van der Waals surface area contributed by atoms with Gasteiger partial charge in [0, 0.05) is 39.3 Å². The summed E-state index contributed by atoms with van der Waals surface area (Å²) in [5.74, 6) is -0.990.